The van der Waals surface area contributed by atoms with E-state index in [2.05, 4.69) is 0 Å². The van der Waals surface area contributed by atoms with Crippen LogP contribution >= 0.6 is 0 Å². The quantitative estimate of drug-likeness (QED) is 0.583. The monoisotopic (exact) mass is 334 g/mol. The van der Waals surface area contributed by atoms with Crippen LogP contribution in [0.5, 0.6) is 0 Å². The summed E-state index contributed by atoms with van der Waals surface area (Å²) >= 11 is 0. The maximum atomic E-state index is 9.92. The SMILES string of the molecule is O=C(O)F.O=C(O)F.O=C(O)F.[Nd]. The van der Waals surface area contributed by atoms with Gasteiger partial charge in [-0.1, -0.05) is 0 Å². The fourth-order valence-corrected chi connectivity index (χ4v) is 0. The fraction of sp³-hybridized carbons (Fsp3) is 0. The van der Waals surface area contributed by atoms with Crippen LogP contribution in [0.2, 0.25) is 0 Å². The molecule has 0 aliphatic rings. The first-order valence-electron chi connectivity index (χ1n) is 1.85. The maximum absolute atomic E-state index is 9.92. The number of hydrogen-bond acceptors (Lipinski definition) is 3. The summed E-state index contributed by atoms with van der Waals surface area (Å²) in [5.74, 6) is 0. The summed E-state index contributed by atoms with van der Waals surface area (Å²) in [7, 11) is 0. The van der Waals surface area contributed by atoms with E-state index in [0.717, 1.165) is 0 Å². The summed E-state index contributed by atoms with van der Waals surface area (Å²) in [6, 6.07) is 0. The van der Waals surface area contributed by atoms with E-state index in [0.29, 0.717) is 0 Å². The van der Waals surface area contributed by atoms with E-state index >= 15 is 0 Å². The molecule has 0 aromatic carbocycles. The summed E-state index contributed by atoms with van der Waals surface area (Å²) < 4.78 is 29.8. The largest absolute Gasteiger partial charge is 0.492 e. The van der Waals surface area contributed by atoms with Crippen LogP contribution < -0.4 is 0 Å². The number of carbonyl (C=O) groups is 3. The van der Waals surface area contributed by atoms with Gasteiger partial charge in [-0.15, -0.1) is 13.2 Å². The molecule has 0 atom stereocenters. The molecule has 76 valence electrons. The predicted octanol–water partition coefficient (Wildman–Crippen LogP) is 1.90. The summed E-state index contributed by atoms with van der Waals surface area (Å²) in [5, 5.41) is 20.2. The third-order valence-electron chi connectivity index (χ3n) is 0. The van der Waals surface area contributed by atoms with Crippen molar-refractivity contribution in [2.24, 2.45) is 0 Å². The Kier molecular flexibility index (Phi) is 31.0. The molecule has 0 bridgehead atoms. The van der Waals surface area contributed by atoms with E-state index in [1.807, 2.05) is 0 Å². The van der Waals surface area contributed by atoms with Crippen molar-refractivity contribution in [1.29, 1.82) is 0 Å². The van der Waals surface area contributed by atoms with Crippen molar-refractivity contribution < 1.29 is 83.7 Å². The molecule has 0 rings (SSSR count). The van der Waals surface area contributed by atoms with E-state index in [1.165, 1.54) is 0 Å². The van der Waals surface area contributed by atoms with Gasteiger partial charge in [-0.3, -0.25) is 0 Å². The van der Waals surface area contributed by atoms with Crippen molar-refractivity contribution in [3.05, 3.63) is 0 Å². The van der Waals surface area contributed by atoms with Crippen LogP contribution in [0, 0.1) is 40.8 Å². The number of hydrogen-bond donors (Lipinski definition) is 3. The van der Waals surface area contributed by atoms with Crippen LogP contribution in [0.3, 0.4) is 0 Å². The molecule has 0 saturated heterocycles. The van der Waals surface area contributed by atoms with Gasteiger partial charge >= 0.3 is 18.7 Å². The van der Waals surface area contributed by atoms with Crippen molar-refractivity contribution in [3.63, 3.8) is 0 Å². The van der Waals surface area contributed by atoms with Crippen LogP contribution in [0.1, 0.15) is 0 Å². The topological polar surface area (TPSA) is 112 Å². The number of rotatable bonds is 0. The molecule has 6 nitrogen and oxygen atoms in total. The average molecular weight is 336 g/mol. The zero-order valence-corrected chi connectivity index (χ0v) is 8.91. The second kappa shape index (κ2) is 17.6. The molecule has 0 fully saturated rings. The molecule has 0 radical (unpaired) electrons. The van der Waals surface area contributed by atoms with Crippen LogP contribution in [-0.4, -0.2) is 34.0 Å². The second-order valence-electron chi connectivity index (χ2n) is 0.759. The molecule has 0 heterocycles. The van der Waals surface area contributed by atoms with Gasteiger partial charge in [0, 0.05) is 40.8 Å². The van der Waals surface area contributed by atoms with Gasteiger partial charge in [0.05, 0.1) is 0 Å². The molecule has 0 aromatic heterocycles. The van der Waals surface area contributed by atoms with Crippen LogP contribution in [0.25, 0.3) is 0 Å². The first kappa shape index (κ1) is 22.9. The Balaban J connectivity index is -0.0000000450. The minimum absolute atomic E-state index is 0. The van der Waals surface area contributed by atoms with Crippen molar-refractivity contribution in [2.45, 2.75) is 0 Å². The van der Waals surface area contributed by atoms with Gasteiger partial charge in [0.2, 0.25) is 0 Å². The molecule has 0 aliphatic carbocycles. The van der Waals surface area contributed by atoms with Gasteiger partial charge in [-0.25, -0.2) is 14.4 Å². The summed E-state index contributed by atoms with van der Waals surface area (Å²) in [4.78, 5) is 25.0. The van der Waals surface area contributed by atoms with Crippen molar-refractivity contribution in [1.82, 2.24) is 0 Å². The summed E-state index contributed by atoms with van der Waals surface area (Å²) in [6.07, 6.45) is -7.00. The van der Waals surface area contributed by atoms with Gasteiger partial charge < -0.3 is 15.3 Å². The van der Waals surface area contributed by atoms with E-state index in [1.54, 1.807) is 0 Å². The van der Waals surface area contributed by atoms with Crippen molar-refractivity contribution >= 4 is 18.7 Å². The van der Waals surface area contributed by atoms with Crippen LogP contribution in [-0.2, 0) is 0 Å². The molecule has 13 heavy (non-hydrogen) atoms. The minimum Gasteiger partial charge on any atom is -0.456 e. The average Bonchev–Trinajstić information content (AvgIpc) is 1.54. The molecule has 0 aliphatic heterocycles. The molecule has 0 saturated carbocycles. The van der Waals surface area contributed by atoms with Gasteiger partial charge in [-0.05, 0) is 0 Å². The van der Waals surface area contributed by atoms with Gasteiger partial charge in [0.1, 0.15) is 0 Å². The Labute approximate surface area is 102 Å². The summed E-state index contributed by atoms with van der Waals surface area (Å²) in [6.45, 7) is 0. The van der Waals surface area contributed by atoms with Crippen molar-refractivity contribution in [2.75, 3.05) is 0 Å². The molecular weight excluding hydrogens is 333 g/mol. The molecule has 0 amide bonds. The van der Waals surface area contributed by atoms with Gasteiger partial charge in [-0.2, -0.15) is 0 Å². The Morgan fingerprint density at radius 2 is 0.692 bits per heavy atom. The summed E-state index contributed by atoms with van der Waals surface area (Å²) in [5.41, 5.74) is 0. The van der Waals surface area contributed by atoms with Gasteiger partial charge in [0.15, 0.2) is 0 Å². The van der Waals surface area contributed by atoms with Crippen LogP contribution in [0.4, 0.5) is 27.6 Å². The van der Waals surface area contributed by atoms with Crippen molar-refractivity contribution in [3.8, 4) is 0 Å². The normalized spacial score (nSPS) is 5.77. The predicted molar refractivity (Wildman–Crippen MR) is 27.4 cm³/mol. The standard InChI is InChI=1S/3CHFO2.Nd/c3*2-1(3)4;/h3*(H,3,4);. The Hall–Kier alpha value is -0.449. The third-order valence-corrected chi connectivity index (χ3v) is 0. The minimum atomic E-state index is -2.33. The van der Waals surface area contributed by atoms with Gasteiger partial charge in [0.25, 0.3) is 0 Å². The Morgan fingerprint density at radius 3 is 0.692 bits per heavy atom. The molecular formula is C3H3F3NdO6. The second-order valence-corrected chi connectivity index (χ2v) is 0.759. The molecule has 3 N–H and O–H groups in total. The Morgan fingerprint density at radius 1 is 0.692 bits per heavy atom. The fourth-order valence-electron chi connectivity index (χ4n) is 0. The van der Waals surface area contributed by atoms with Crippen LogP contribution in [0.15, 0.2) is 0 Å². The molecule has 10 heteroatoms. The van der Waals surface area contributed by atoms with E-state index in [-0.39, 0.29) is 40.8 Å². The first-order valence-corrected chi connectivity index (χ1v) is 1.85. The van der Waals surface area contributed by atoms with E-state index in [4.69, 9.17) is 29.7 Å². The zero-order valence-electron chi connectivity index (χ0n) is 5.70. The van der Waals surface area contributed by atoms with E-state index < -0.39 is 18.7 Å². The zero-order chi connectivity index (χ0) is 10.7. The van der Waals surface area contributed by atoms with E-state index in [9.17, 15) is 13.2 Å². The molecule has 0 unspecified atom stereocenters. The first-order chi connectivity index (χ1) is 5.20. The molecule has 0 aromatic rings. The Bertz CT molecular complexity index is 121. The maximum Gasteiger partial charge on any atom is 0.492 e. The molecule has 0 spiro atoms. The third kappa shape index (κ3) is 5220. The number of halogens is 3. The smallest absolute Gasteiger partial charge is 0.456 e. The number of carboxylic acid groups (broad SMARTS) is 3.